The van der Waals surface area contributed by atoms with Gasteiger partial charge >= 0.3 is 12.2 Å². The van der Waals surface area contributed by atoms with E-state index in [1.54, 1.807) is 6.92 Å². The lowest BCUT2D eigenvalue weighted by molar-refractivity contribution is -0.137. The van der Waals surface area contributed by atoms with Crippen molar-refractivity contribution < 1.29 is 23.1 Å². The van der Waals surface area contributed by atoms with E-state index in [2.05, 4.69) is 10.6 Å². The third-order valence-electron chi connectivity index (χ3n) is 2.56. The standard InChI is InChI=1S/C13H17F3N2O2/c1-9(19)5-6-17-12(20)18-8-10-3-2-4-11(7-10)13(14,15)16/h2-4,7,9,19H,5-6,8H2,1H3,(H2,17,18,20). The zero-order valence-electron chi connectivity index (χ0n) is 11.0. The van der Waals surface area contributed by atoms with E-state index >= 15 is 0 Å². The lowest BCUT2D eigenvalue weighted by atomic mass is 10.1. The van der Waals surface area contributed by atoms with E-state index in [9.17, 15) is 18.0 Å². The maximum Gasteiger partial charge on any atom is 0.416 e. The summed E-state index contributed by atoms with van der Waals surface area (Å²) in [5.74, 6) is 0. The second-order valence-electron chi connectivity index (χ2n) is 4.45. The summed E-state index contributed by atoms with van der Waals surface area (Å²) in [6, 6.07) is 4.29. The fraction of sp³-hybridized carbons (Fsp3) is 0.462. The highest BCUT2D eigenvalue weighted by Crippen LogP contribution is 2.29. The summed E-state index contributed by atoms with van der Waals surface area (Å²) < 4.78 is 37.5. The predicted molar refractivity (Wildman–Crippen MR) is 68.0 cm³/mol. The fourth-order valence-electron chi connectivity index (χ4n) is 1.50. The van der Waals surface area contributed by atoms with Crippen molar-refractivity contribution in [3.63, 3.8) is 0 Å². The molecule has 0 radical (unpaired) electrons. The van der Waals surface area contributed by atoms with Crippen molar-refractivity contribution in [3.05, 3.63) is 35.4 Å². The van der Waals surface area contributed by atoms with Crippen molar-refractivity contribution in [2.75, 3.05) is 6.54 Å². The number of hydrogen-bond acceptors (Lipinski definition) is 2. The lowest BCUT2D eigenvalue weighted by Gasteiger charge is -2.10. The van der Waals surface area contributed by atoms with Crippen LogP contribution in [-0.4, -0.2) is 23.8 Å². The number of rotatable bonds is 5. The molecule has 1 atom stereocenters. The molecule has 112 valence electrons. The number of halogens is 3. The van der Waals surface area contributed by atoms with E-state index in [0.717, 1.165) is 12.1 Å². The first kappa shape index (κ1) is 16.3. The van der Waals surface area contributed by atoms with Gasteiger partial charge in [0.2, 0.25) is 0 Å². The van der Waals surface area contributed by atoms with Crippen LogP contribution in [0.15, 0.2) is 24.3 Å². The lowest BCUT2D eigenvalue weighted by Crippen LogP contribution is -2.36. The van der Waals surface area contributed by atoms with Crippen LogP contribution in [0.4, 0.5) is 18.0 Å². The van der Waals surface area contributed by atoms with Gasteiger partial charge in [0.05, 0.1) is 11.7 Å². The number of urea groups is 1. The van der Waals surface area contributed by atoms with Gasteiger partial charge in [-0.25, -0.2) is 4.79 Å². The fourth-order valence-corrected chi connectivity index (χ4v) is 1.50. The van der Waals surface area contributed by atoms with Gasteiger partial charge in [-0.15, -0.1) is 0 Å². The average Bonchev–Trinajstić information content (AvgIpc) is 2.35. The maximum atomic E-state index is 12.5. The predicted octanol–water partition coefficient (Wildman–Crippen LogP) is 2.28. The minimum absolute atomic E-state index is 0.00440. The Labute approximate surface area is 115 Å². The molecule has 0 fully saturated rings. The molecule has 0 bridgehead atoms. The molecule has 0 saturated carbocycles. The Morgan fingerprint density at radius 3 is 2.65 bits per heavy atom. The quantitative estimate of drug-likeness (QED) is 0.779. The molecule has 0 aliphatic rings. The van der Waals surface area contributed by atoms with Gasteiger partial charge in [0.15, 0.2) is 0 Å². The summed E-state index contributed by atoms with van der Waals surface area (Å²) in [6.07, 6.45) is -4.49. The molecule has 20 heavy (non-hydrogen) atoms. The molecule has 1 unspecified atom stereocenters. The van der Waals surface area contributed by atoms with E-state index in [-0.39, 0.29) is 6.54 Å². The normalized spacial score (nSPS) is 12.8. The van der Waals surface area contributed by atoms with Crippen LogP contribution in [0.2, 0.25) is 0 Å². The van der Waals surface area contributed by atoms with Crippen LogP contribution in [0.5, 0.6) is 0 Å². The van der Waals surface area contributed by atoms with Gasteiger partial charge < -0.3 is 15.7 Å². The molecule has 0 aromatic heterocycles. The van der Waals surface area contributed by atoms with Gasteiger partial charge in [0.1, 0.15) is 0 Å². The summed E-state index contributed by atoms with van der Waals surface area (Å²) in [6.45, 7) is 1.90. The molecular weight excluding hydrogens is 273 g/mol. The molecular formula is C13H17F3N2O2. The van der Waals surface area contributed by atoms with Crippen LogP contribution in [0, 0.1) is 0 Å². The third kappa shape index (κ3) is 5.92. The monoisotopic (exact) mass is 290 g/mol. The Hall–Kier alpha value is -1.76. The van der Waals surface area contributed by atoms with Crippen molar-refractivity contribution in [1.29, 1.82) is 0 Å². The van der Waals surface area contributed by atoms with Crippen molar-refractivity contribution in [2.45, 2.75) is 32.2 Å². The number of nitrogens with one attached hydrogen (secondary N) is 2. The average molecular weight is 290 g/mol. The molecule has 7 heteroatoms. The van der Waals surface area contributed by atoms with Crippen LogP contribution < -0.4 is 10.6 Å². The van der Waals surface area contributed by atoms with Crippen molar-refractivity contribution in [2.24, 2.45) is 0 Å². The molecule has 0 saturated heterocycles. The third-order valence-corrected chi connectivity index (χ3v) is 2.56. The molecule has 0 heterocycles. The summed E-state index contributed by atoms with van der Waals surface area (Å²) >= 11 is 0. The minimum Gasteiger partial charge on any atom is -0.393 e. The maximum absolute atomic E-state index is 12.5. The smallest absolute Gasteiger partial charge is 0.393 e. The van der Waals surface area contributed by atoms with Crippen LogP contribution in [0.3, 0.4) is 0 Å². The molecule has 0 aliphatic heterocycles. The van der Waals surface area contributed by atoms with Crippen molar-refractivity contribution >= 4 is 6.03 Å². The summed E-state index contributed by atoms with van der Waals surface area (Å²) in [5.41, 5.74) is -0.378. The Kier molecular flexibility index (Phi) is 5.82. The Morgan fingerprint density at radius 2 is 2.05 bits per heavy atom. The van der Waals surface area contributed by atoms with Gasteiger partial charge in [-0.3, -0.25) is 0 Å². The van der Waals surface area contributed by atoms with E-state index < -0.39 is 23.9 Å². The van der Waals surface area contributed by atoms with Gasteiger partial charge in [-0.05, 0) is 31.0 Å². The highest BCUT2D eigenvalue weighted by atomic mass is 19.4. The number of hydrogen-bond donors (Lipinski definition) is 3. The first-order chi connectivity index (χ1) is 9.29. The Bertz CT molecular complexity index is 447. The van der Waals surface area contributed by atoms with E-state index in [1.807, 2.05) is 0 Å². The number of carbonyl (C=O) groups excluding carboxylic acids is 1. The van der Waals surface area contributed by atoms with E-state index in [0.29, 0.717) is 18.5 Å². The molecule has 4 nitrogen and oxygen atoms in total. The van der Waals surface area contributed by atoms with Crippen LogP contribution >= 0.6 is 0 Å². The van der Waals surface area contributed by atoms with Crippen LogP contribution in [-0.2, 0) is 12.7 Å². The molecule has 1 aromatic carbocycles. The molecule has 0 spiro atoms. The minimum atomic E-state index is -4.39. The van der Waals surface area contributed by atoms with Gasteiger partial charge in [-0.2, -0.15) is 13.2 Å². The molecule has 0 aliphatic carbocycles. The van der Waals surface area contributed by atoms with Crippen LogP contribution in [0.25, 0.3) is 0 Å². The summed E-state index contributed by atoms with van der Waals surface area (Å²) in [4.78, 5) is 11.4. The van der Waals surface area contributed by atoms with Gasteiger partial charge in [-0.1, -0.05) is 12.1 Å². The summed E-state index contributed by atoms with van der Waals surface area (Å²) in [5, 5.41) is 14.0. The molecule has 1 rings (SSSR count). The van der Waals surface area contributed by atoms with E-state index in [1.165, 1.54) is 12.1 Å². The second kappa shape index (κ2) is 7.14. The zero-order valence-corrected chi connectivity index (χ0v) is 11.0. The molecule has 2 amide bonds. The Balaban J connectivity index is 2.44. The highest BCUT2D eigenvalue weighted by Gasteiger charge is 2.30. The van der Waals surface area contributed by atoms with Crippen molar-refractivity contribution in [1.82, 2.24) is 10.6 Å². The Morgan fingerprint density at radius 1 is 1.35 bits per heavy atom. The molecule has 1 aromatic rings. The van der Waals surface area contributed by atoms with Crippen LogP contribution in [0.1, 0.15) is 24.5 Å². The first-order valence-corrected chi connectivity index (χ1v) is 6.15. The second-order valence-corrected chi connectivity index (χ2v) is 4.45. The largest absolute Gasteiger partial charge is 0.416 e. The number of benzene rings is 1. The van der Waals surface area contributed by atoms with E-state index in [4.69, 9.17) is 5.11 Å². The number of amides is 2. The van der Waals surface area contributed by atoms with Gasteiger partial charge in [0.25, 0.3) is 0 Å². The first-order valence-electron chi connectivity index (χ1n) is 6.15. The number of aliphatic hydroxyl groups is 1. The van der Waals surface area contributed by atoms with Crippen molar-refractivity contribution in [3.8, 4) is 0 Å². The highest BCUT2D eigenvalue weighted by molar-refractivity contribution is 5.73. The zero-order chi connectivity index (χ0) is 15.2. The summed E-state index contributed by atoms with van der Waals surface area (Å²) in [7, 11) is 0. The SMILES string of the molecule is CC(O)CCNC(=O)NCc1cccc(C(F)(F)F)c1. The molecule has 3 N–H and O–H groups in total. The van der Waals surface area contributed by atoms with Gasteiger partial charge in [0, 0.05) is 13.1 Å². The number of alkyl halides is 3. The number of aliphatic hydroxyl groups excluding tert-OH is 1. The topological polar surface area (TPSA) is 61.4 Å². The number of carbonyl (C=O) groups is 1.